The molecular weight excluding hydrogens is 388 g/mol. The highest BCUT2D eigenvalue weighted by molar-refractivity contribution is 7.15. The van der Waals surface area contributed by atoms with Crippen LogP contribution < -0.4 is 5.32 Å². The van der Waals surface area contributed by atoms with E-state index >= 15 is 0 Å². The zero-order valence-electron chi connectivity index (χ0n) is 16.0. The van der Waals surface area contributed by atoms with Gasteiger partial charge in [-0.15, -0.1) is 16.4 Å². The maximum atomic E-state index is 13.4. The highest BCUT2D eigenvalue weighted by Gasteiger charge is 2.28. The Morgan fingerprint density at radius 1 is 1.31 bits per heavy atom. The topological polar surface area (TPSA) is 86.9 Å². The van der Waals surface area contributed by atoms with E-state index in [1.165, 1.54) is 11.2 Å². The van der Waals surface area contributed by atoms with Crippen LogP contribution in [0.15, 0.2) is 36.8 Å². The maximum Gasteiger partial charge on any atom is 0.259 e. The van der Waals surface area contributed by atoms with Crippen molar-refractivity contribution in [2.75, 3.05) is 19.0 Å². The fourth-order valence-corrected chi connectivity index (χ4v) is 5.24. The molecule has 0 atom stereocenters. The molecule has 1 aliphatic carbocycles. The van der Waals surface area contributed by atoms with Crippen molar-refractivity contribution in [1.82, 2.24) is 24.8 Å². The normalized spacial score (nSPS) is 13.1. The molecule has 5 rings (SSSR count). The number of hydrogen-bond donors (Lipinski definition) is 1. The Hall–Kier alpha value is -3.04. The third-order valence-electron chi connectivity index (χ3n) is 5.29. The minimum Gasteiger partial charge on any atom is -0.383 e. The third kappa shape index (κ3) is 3.12. The minimum atomic E-state index is -0.118. The van der Waals surface area contributed by atoms with Gasteiger partial charge in [-0.1, -0.05) is 6.07 Å². The number of benzene rings is 1. The fraction of sp³-hybridized carbons (Fsp3) is 0.300. The van der Waals surface area contributed by atoms with Crippen molar-refractivity contribution >= 4 is 33.8 Å². The minimum absolute atomic E-state index is 0.118. The number of hydrogen-bond acceptors (Lipinski definition) is 6. The molecule has 8 nitrogen and oxygen atoms in total. The summed E-state index contributed by atoms with van der Waals surface area (Å²) in [6.45, 7) is 1.40. The standard InChI is InChI=1S/C20H20N6O2S/c1-28-11-10-25-9-8-13-15(5-3-6-16(13)25)22-19(27)18-14-4-2-7-17(14)29-20(18)26-12-21-23-24-26/h3,5-6,8-9,12H,2,4,7,10-11H2,1H3,(H,22,27). The number of rotatable bonds is 6. The molecule has 0 aliphatic heterocycles. The molecule has 148 valence electrons. The Morgan fingerprint density at radius 2 is 2.24 bits per heavy atom. The van der Waals surface area contributed by atoms with Crippen molar-refractivity contribution < 1.29 is 9.53 Å². The van der Waals surface area contributed by atoms with E-state index in [2.05, 4.69) is 31.5 Å². The largest absolute Gasteiger partial charge is 0.383 e. The third-order valence-corrected chi connectivity index (χ3v) is 6.57. The number of carbonyl (C=O) groups is 1. The van der Waals surface area contributed by atoms with Gasteiger partial charge < -0.3 is 14.6 Å². The number of ether oxygens (including phenoxy) is 1. The molecular formula is C20H20N6O2S. The van der Waals surface area contributed by atoms with E-state index in [-0.39, 0.29) is 5.91 Å². The van der Waals surface area contributed by atoms with Gasteiger partial charge in [0.25, 0.3) is 5.91 Å². The lowest BCUT2D eigenvalue weighted by molar-refractivity contribution is 0.102. The van der Waals surface area contributed by atoms with Gasteiger partial charge in [0.1, 0.15) is 11.3 Å². The summed E-state index contributed by atoms with van der Waals surface area (Å²) in [5.74, 6) is -0.118. The van der Waals surface area contributed by atoms with Crippen LogP contribution in [0.3, 0.4) is 0 Å². The number of methoxy groups -OCH3 is 1. The maximum absolute atomic E-state index is 13.4. The Balaban J connectivity index is 1.51. The van der Waals surface area contributed by atoms with E-state index < -0.39 is 0 Å². The Bertz CT molecular complexity index is 1180. The molecule has 1 aromatic carbocycles. The Labute approximate surface area is 171 Å². The van der Waals surface area contributed by atoms with Gasteiger partial charge in [0, 0.05) is 30.1 Å². The first-order valence-corrected chi connectivity index (χ1v) is 10.3. The summed E-state index contributed by atoms with van der Waals surface area (Å²) in [6.07, 6.45) is 6.55. The highest BCUT2D eigenvalue weighted by Crippen LogP contribution is 2.38. The molecule has 0 fully saturated rings. The van der Waals surface area contributed by atoms with Crippen LogP contribution in [0.5, 0.6) is 0 Å². The number of tetrazole rings is 1. The van der Waals surface area contributed by atoms with Crippen molar-refractivity contribution in [3.63, 3.8) is 0 Å². The van der Waals surface area contributed by atoms with Gasteiger partial charge in [-0.25, -0.2) is 0 Å². The van der Waals surface area contributed by atoms with Gasteiger partial charge in [0.2, 0.25) is 0 Å². The van der Waals surface area contributed by atoms with E-state index in [1.807, 2.05) is 24.4 Å². The average Bonchev–Trinajstić information content (AvgIpc) is 3.49. The zero-order chi connectivity index (χ0) is 19.8. The molecule has 0 saturated carbocycles. The SMILES string of the molecule is COCCn1ccc2c(NC(=O)c3c(-n4cnnn4)sc4c3CCC4)cccc21. The molecule has 0 spiro atoms. The van der Waals surface area contributed by atoms with E-state index in [1.54, 1.807) is 23.1 Å². The molecule has 4 aromatic rings. The second-order valence-corrected chi connectivity index (χ2v) is 8.07. The quantitative estimate of drug-likeness (QED) is 0.530. The van der Waals surface area contributed by atoms with Crippen molar-refractivity contribution in [3.8, 4) is 5.00 Å². The summed E-state index contributed by atoms with van der Waals surface area (Å²) in [5, 5.41) is 16.4. The molecule has 3 aromatic heterocycles. The lowest BCUT2D eigenvalue weighted by Gasteiger charge is -2.10. The average molecular weight is 408 g/mol. The van der Waals surface area contributed by atoms with Crippen LogP contribution in [0.25, 0.3) is 15.9 Å². The zero-order valence-corrected chi connectivity index (χ0v) is 16.8. The molecule has 0 bridgehead atoms. The summed E-state index contributed by atoms with van der Waals surface area (Å²) in [5.41, 5.74) is 3.67. The van der Waals surface area contributed by atoms with Gasteiger partial charge in [0.15, 0.2) is 0 Å². The summed E-state index contributed by atoms with van der Waals surface area (Å²) in [7, 11) is 1.69. The number of fused-ring (bicyclic) bond motifs is 2. The summed E-state index contributed by atoms with van der Waals surface area (Å²) in [6, 6.07) is 7.97. The lowest BCUT2D eigenvalue weighted by Crippen LogP contribution is -2.15. The van der Waals surface area contributed by atoms with E-state index in [0.717, 1.165) is 53.0 Å². The van der Waals surface area contributed by atoms with Crippen LogP contribution in [-0.4, -0.2) is 44.4 Å². The molecule has 1 amide bonds. The first kappa shape index (κ1) is 18.0. The summed E-state index contributed by atoms with van der Waals surface area (Å²) < 4.78 is 8.90. The number of thiophene rings is 1. The molecule has 0 unspecified atom stereocenters. The second kappa shape index (κ2) is 7.41. The first-order chi connectivity index (χ1) is 14.3. The van der Waals surface area contributed by atoms with E-state index in [9.17, 15) is 4.79 Å². The van der Waals surface area contributed by atoms with Crippen LogP contribution in [0.4, 0.5) is 5.69 Å². The van der Waals surface area contributed by atoms with Gasteiger partial charge >= 0.3 is 0 Å². The van der Waals surface area contributed by atoms with Gasteiger partial charge in [0.05, 0.1) is 23.4 Å². The predicted octanol–water partition coefficient (Wildman–Crippen LogP) is 3.07. The molecule has 0 radical (unpaired) electrons. The molecule has 1 N–H and O–H groups in total. The van der Waals surface area contributed by atoms with Gasteiger partial charge in [-0.05, 0) is 53.5 Å². The molecule has 1 aliphatic rings. The van der Waals surface area contributed by atoms with Crippen molar-refractivity contribution in [3.05, 3.63) is 52.8 Å². The van der Waals surface area contributed by atoms with E-state index in [4.69, 9.17) is 4.74 Å². The van der Waals surface area contributed by atoms with E-state index in [0.29, 0.717) is 12.2 Å². The van der Waals surface area contributed by atoms with Crippen LogP contribution in [0.2, 0.25) is 0 Å². The first-order valence-electron chi connectivity index (χ1n) is 9.52. The number of amides is 1. The van der Waals surface area contributed by atoms with Crippen molar-refractivity contribution in [2.45, 2.75) is 25.8 Å². The van der Waals surface area contributed by atoms with Crippen LogP contribution in [0.1, 0.15) is 27.2 Å². The Kier molecular flexibility index (Phi) is 4.61. The molecule has 29 heavy (non-hydrogen) atoms. The second-order valence-electron chi connectivity index (χ2n) is 6.99. The summed E-state index contributed by atoms with van der Waals surface area (Å²) in [4.78, 5) is 14.6. The highest BCUT2D eigenvalue weighted by atomic mass is 32.1. The number of carbonyl (C=O) groups excluding carboxylic acids is 1. The predicted molar refractivity (Wildman–Crippen MR) is 111 cm³/mol. The van der Waals surface area contributed by atoms with Gasteiger partial charge in [-0.2, -0.15) is 4.68 Å². The monoisotopic (exact) mass is 408 g/mol. The molecule has 3 heterocycles. The van der Waals surface area contributed by atoms with Crippen LogP contribution in [-0.2, 0) is 24.1 Å². The van der Waals surface area contributed by atoms with Crippen molar-refractivity contribution in [2.24, 2.45) is 0 Å². The van der Waals surface area contributed by atoms with Gasteiger partial charge in [-0.3, -0.25) is 4.79 Å². The molecule has 9 heteroatoms. The number of anilines is 1. The molecule has 0 saturated heterocycles. The number of aromatic nitrogens is 5. The smallest absolute Gasteiger partial charge is 0.259 e. The van der Waals surface area contributed by atoms with Crippen LogP contribution >= 0.6 is 11.3 Å². The Morgan fingerprint density at radius 3 is 3.07 bits per heavy atom. The van der Waals surface area contributed by atoms with Crippen molar-refractivity contribution in [1.29, 1.82) is 0 Å². The van der Waals surface area contributed by atoms with Crippen LogP contribution in [0, 0.1) is 0 Å². The summed E-state index contributed by atoms with van der Waals surface area (Å²) >= 11 is 1.60. The number of aryl methyl sites for hydroxylation is 1. The lowest BCUT2D eigenvalue weighted by atomic mass is 10.1. The number of nitrogens with one attached hydrogen (secondary N) is 1. The number of nitrogens with zero attached hydrogens (tertiary/aromatic N) is 5. The fourth-order valence-electron chi connectivity index (χ4n) is 3.94.